The van der Waals surface area contributed by atoms with E-state index < -0.39 is 6.03 Å². The van der Waals surface area contributed by atoms with E-state index in [0.717, 1.165) is 5.56 Å². The highest BCUT2D eigenvalue weighted by atomic mass is 16.5. The van der Waals surface area contributed by atoms with Crippen LogP contribution in [0.15, 0.2) is 16.9 Å². The fourth-order valence-electron chi connectivity index (χ4n) is 1.07. The Kier molecular flexibility index (Phi) is 1.36. The zero-order valence-electron chi connectivity index (χ0n) is 6.23. The molecule has 0 spiro atoms. The summed E-state index contributed by atoms with van der Waals surface area (Å²) in [6.45, 7) is 0.435. The van der Waals surface area contributed by atoms with Crippen molar-refractivity contribution in [1.29, 1.82) is 0 Å². The summed E-state index contributed by atoms with van der Waals surface area (Å²) in [7, 11) is 0. The molecule has 2 N–H and O–H groups in total. The van der Waals surface area contributed by atoms with Gasteiger partial charge in [0, 0.05) is 17.8 Å². The Morgan fingerprint density at radius 3 is 3.33 bits per heavy atom. The van der Waals surface area contributed by atoms with E-state index in [1.165, 1.54) is 4.90 Å². The van der Waals surface area contributed by atoms with Crippen LogP contribution in [-0.2, 0) is 6.54 Å². The molecule has 1 aromatic heterocycles. The molecule has 1 aliphatic heterocycles. The number of amides is 2. The van der Waals surface area contributed by atoms with Gasteiger partial charge in [-0.05, 0) is 0 Å². The second-order valence-electron chi connectivity index (χ2n) is 2.50. The lowest BCUT2D eigenvalue weighted by Gasteiger charge is -2.17. The van der Waals surface area contributed by atoms with Crippen molar-refractivity contribution < 1.29 is 9.32 Å². The van der Waals surface area contributed by atoms with Crippen LogP contribution in [0, 0.1) is 0 Å². The second-order valence-corrected chi connectivity index (χ2v) is 2.50. The van der Waals surface area contributed by atoms with Crippen LogP contribution in [0.5, 0.6) is 0 Å². The number of carbonyl (C=O) groups excluding carboxylic acids is 1. The Morgan fingerprint density at radius 1 is 1.75 bits per heavy atom. The minimum Gasteiger partial charge on any atom is -0.357 e. The minimum atomic E-state index is -0.474. The Morgan fingerprint density at radius 2 is 2.58 bits per heavy atom. The smallest absolute Gasteiger partial charge is 0.319 e. The third kappa shape index (κ3) is 0.952. The molecule has 1 aromatic rings. The van der Waals surface area contributed by atoms with E-state index >= 15 is 0 Å². The number of hydrogen-bond donors (Lipinski definition) is 1. The molecule has 2 heterocycles. The maximum absolute atomic E-state index is 10.7. The van der Waals surface area contributed by atoms with Crippen LogP contribution in [0.1, 0.15) is 11.3 Å². The molecule has 0 saturated heterocycles. The van der Waals surface area contributed by atoms with Gasteiger partial charge in [-0.15, -0.1) is 0 Å². The molecule has 0 fully saturated rings. The molecule has 0 saturated carbocycles. The number of urea groups is 1. The topological polar surface area (TPSA) is 72.4 Å². The van der Waals surface area contributed by atoms with Crippen LogP contribution in [0.2, 0.25) is 0 Å². The molecule has 0 radical (unpaired) electrons. The first-order valence-electron chi connectivity index (χ1n) is 3.45. The Hall–Kier alpha value is -1.78. The normalized spacial score (nSPS) is 14.5. The molecule has 0 atom stereocenters. The fraction of sp³-hybridized carbons (Fsp3) is 0.143. The predicted molar refractivity (Wildman–Crippen MR) is 40.7 cm³/mol. The number of aromatic nitrogens is 1. The van der Waals surface area contributed by atoms with Gasteiger partial charge in [0.25, 0.3) is 0 Å². The van der Waals surface area contributed by atoms with Crippen molar-refractivity contribution in [2.75, 3.05) is 0 Å². The summed E-state index contributed by atoms with van der Waals surface area (Å²) in [5.74, 6) is 0.688. The third-order valence-corrected chi connectivity index (χ3v) is 1.71. The summed E-state index contributed by atoms with van der Waals surface area (Å²) >= 11 is 0. The number of nitrogens with zero attached hydrogens (tertiary/aromatic N) is 2. The van der Waals surface area contributed by atoms with Gasteiger partial charge in [0.1, 0.15) is 0 Å². The predicted octanol–water partition coefficient (Wildman–Crippen LogP) is 0.540. The van der Waals surface area contributed by atoms with Gasteiger partial charge in [0.2, 0.25) is 0 Å². The maximum atomic E-state index is 10.7. The van der Waals surface area contributed by atoms with Gasteiger partial charge in [-0.25, -0.2) is 4.79 Å². The van der Waals surface area contributed by atoms with Gasteiger partial charge in [-0.3, -0.25) is 4.90 Å². The van der Waals surface area contributed by atoms with Crippen LogP contribution in [0.25, 0.3) is 6.08 Å². The van der Waals surface area contributed by atoms with Crippen molar-refractivity contribution in [3.63, 3.8) is 0 Å². The molecule has 1 aliphatic rings. The van der Waals surface area contributed by atoms with E-state index in [1.807, 2.05) is 0 Å². The van der Waals surface area contributed by atoms with Crippen LogP contribution < -0.4 is 5.73 Å². The molecular formula is C7H7N3O2. The van der Waals surface area contributed by atoms with Crippen molar-refractivity contribution in [3.05, 3.63) is 23.7 Å². The summed E-state index contributed by atoms with van der Waals surface area (Å²) in [6, 6.07) is -0.474. The van der Waals surface area contributed by atoms with E-state index in [-0.39, 0.29) is 0 Å². The second kappa shape index (κ2) is 2.37. The van der Waals surface area contributed by atoms with Gasteiger partial charge < -0.3 is 10.3 Å². The Bertz CT molecular complexity index is 342. The van der Waals surface area contributed by atoms with E-state index in [2.05, 4.69) is 5.16 Å². The van der Waals surface area contributed by atoms with Gasteiger partial charge in [0.05, 0.1) is 12.7 Å². The van der Waals surface area contributed by atoms with Crippen molar-refractivity contribution in [3.8, 4) is 0 Å². The zero-order valence-corrected chi connectivity index (χ0v) is 6.23. The third-order valence-electron chi connectivity index (χ3n) is 1.71. The SMILES string of the molecule is NC(=O)N1C=Cc2oncc2C1. The highest BCUT2D eigenvalue weighted by Gasteiger charge is 2.16. The summed E-state index contributed by atoms with van der Waals surface area (Å²) < 4.78 is 4.87. The number of nitrogens with two attached hydrogens (primary N) is 1. The standard InChI is InChI=1S/C7H7N3O2/c8-7(11)10-2-1-6-5(4-10)3-9-12-6/h1-3H,4H2,(H2,8,11). The average Bonchev–Trinajstić information content (AvgIpc) is 2.49. The van der Waals surface area contributed by atoms with Crippen molar-refractivity contribution in [2.45, 2.75) is 6.54 Å². The van der Waals surface area contributed by atoms with Gasteiger partial charge in [0.15, 0.2) is 5.76 Å². The Balaban J connectivity index is 2.30. The van der Waals surface area contributed by atoms with Gasteiger partial charge >= 0.3 is 6.03 Å². The van der Waals surface area contributed by atoms with E-state index in [9.17, 15) is 4.79 Å². The van der Waals surface area contributed by atoms with Gasteiger partial charge in [-0.2, -0.15) is 0 Å². The molecule has 2 rings (SSSR count). The zero-order chi connectivity index (χ0) is 8.55. The monoisotopic (exact) mass is 165 g/mol. The molecular weight excluding hydrogens is 158 g/mol. The molecule has 62 valence electrons. The number of primary amides is 1. The Labute approximate surface area is 68.4 Å². The lowest BCUT2D eigenvalue weighted by atomic mass is 10.2. The van der Waals surface area contributed by atoms with Crippen molar-refractivity contribution >= 4 is 12.1 Å². The van der Waals surface area contributed by atoms with E-state index in [0.29, 0.717) is 12.3 Å². The lowest BCUT2D eigenvalue weighted by molar-refractivity contribution is 0.222. The highest BCUT2D eigenvalue weighted by molar-refractivity contribution is 5.75. The average molecular weight is 165 g/mol. The number of carbonyl (C=O) groups is 1. The molecule has 0 bridgehead atoms. The largest absolute Gasteiger partial charge is 0.357 e. The lowest BCUT2D eigenvalue weighted by Crippen LogP contribution is -2.31. The molecule has 2 amide bonds. The summed E-state index contributed by atoms with van der Waals surface area (Å²) in [5.41, 5.74) is 5.95. The van der Waals surface area contributed by atoms with E-state index in [1.54, 1.807) is 18.5 Å². The number of fused-ring (bicyclic) bond motifs is 1. The quantitative estimate of drug-likeness (QED) is 0.609. The fourth-order valence-corrected chi connectivity index (χ4v) is 1.07. The van der Waals surface area contributed by atoms with Gasteiger partial charge in [-0.1, -0.05) is 5.16 Å². The number of rotatable bonds is 0. The van der Waals surface area contributed by atoms with Crippen molar-refractivity contribution in [2.24, 2.45) is 5.73 Å². The van der Waals surface area contributed by atoms with Crippen molar-refractivity contribution in [1.82, 2.24) is 10.1 Å². The maximum Gasteiger partial charge on any atom is 0.319 e. The van der Waals surface area contributed by atoms with E-state index in [4.69, 9.17) is 10.3 Å². The first-order valence-corrected chi connectivity index (χ1v) is 3.45. The molecule has 0 aromatic carbocycles. The summed E-state index contributed by atoms with van der Waals surface area (Å²) in [6.07, 6.45) is 4.82. The minimum absolute atomic E-state index is 0.435. The summed E-state index contributed by atoms with van der Waals surface area (Å²) in [4.78, 5) is 12.1. The molecule has 0 unspecified atom stereocenters. The first-order chi connectivity index (χ1) is 5.77. The molecule has 5 nitrogen and oxygen atoms in total. The molecule has 5 heteroatoms. The highest BCUT2D eigenvalue weighted by Crippen LogP contribution is 2.18. The van der Waals surface area contributed by atoms with Crippen LogP contribution in [0.4, 0.5) is 4.79 Å². The molecule has 12 heavy (non-hydrogen) atoms. The first kappa shape index (κ1) is 6.90. The van der Waals surface area contributed by atoms with Crippen LogP contribution in [-0.4, -0.2) is 16.1 Å². The molecule has 0 aliphatic carbocycles. The summed E-state index contributed by atoms with van der Waals surface area (Å²) in [5, 5.41) is 3.59. The van der Waals surface area contributed by atoms with Crippen LogP contribution in [0.3, 0.4) is 0 Å². The number of hydrogen-bond acceptors (Lipinski definition) is 3. The van der Waals surface area contributed by atoms with Crippen LogP contribution >= 0.6 is 0 Å².